The number of rotatable bonds is 2. The average Bonchev–Trinajstić information content (AvgIpc) is 2.07. The van der Waals surface area contributed by atoms with Crippen molar-refractivity contribution in [3.8, 4) is 18.1 Å². The summed E-state index contributed by atoms with van der Waals surface area (Å²) in [5, 5.41) is 0. The van der Waals surface area contributed by atoms with Gasteiger partial charge in [0.2, 0.25) is 0 Å². The molecule has 0 aliphatic carbocycles. The van der Waals surface area contributed by atoms with Gasteiger partial charge in [-0.1, -0.05) is 12.0 Å². The van der Waals surface area contributed by atoms with Crippen molar-refractivity contribution in [1.82, 2.24) is 0 Å². The first-order chi connectivity index (χ1) is 5.74. The molecule has 13 heavy (non-hydrogen) atoms. The minimum absolute atomic E-state index is 0. The van der Waals surface area contributed by atoms with Crippen LogP contribution in [0.1, 0.15) is 5.56 Å². The maximum atomic E-state index is 5.64. The second-order valence-corrected chi connectivity index (χ2v) is 2.53. The Morgan fingerprint density at radius 3 is 2.85 bits per heavy atom. The highest BCUT2D eigenvalue weighted by Gasteiger charge is 1.98. The topological polar surface area (TPSA) is 35.2 Å². The predicted octanol–water partition coefficient (Wildman–Crippen LogP) is 2.01. The Hall–Kier alpha value is -1.33. The van der Waals surface area contributed by atoms with Gasteiger partial charge in [-0.25, -0.2) is 0 Å². The molecule has 0 radical (unpaired) electrons. The molecule has 1 aromatic rings. The molecule has 3 heteroatoms. The van der Waals surface area contributed by atoms with Crippen LogP contribution in [0.15, 0.2) is 18.2 Å². The lowest BCUT2D eigenvalue weighted by Gasteiger charge is -2.05. The van der Waals surface area contributed by atoms with Gasteiger partial charge in [0.15, 0.2) is 0 Å². The quantitative estimate of drug-likeness (QED) is 0.582. The van der Waals surface area contributed by atoms with Gasteiger partial charge in [0.1, 0.15) is 12.4 Å². The van der Waals surface area contributed by atoms with E-state index in [4.69, 9.17) is 16.9 Å². The summed E-state index contributed by atoms with van der Waals surface area (Å²) in [7, 11) is 0. The number of aryl methyl sites for hydroxylation is 1. The fourth-order valence-corrected chi connectivity index (χ4v) is 0.886. The number of halogens is 1. The number of hydrogen-bond acceptors (Lipinski definition) is 2. The van der Waals surface area contributed by atoms with E-state index in [2.05, 4.69) is 5.92 Å². The molecule has 0 saturated heterocycles. The summed E-state index contributed by atoms with van der Waals surface area (Å²) in [5.41, 5.74) is 7.37. The molecule has 0 saturated carbocycles. The van der Waals surface area contributed by atoms with Crippen LogP contribution < -0.4 is 10.5 Å². The lowest BCUT2D eigenvalue weighted by atomic mass is 10.2. The van der Waals surface area contributed by atoms with Gasteiger partial charge >= 0.3 is 0 Å². The van der Waals surface area contributed by atoms with E-state index in [1.54, 1.807) is 6.07 Å². The van der Waals surface area contributed by atoms with Gasteiger partial charge < -0.3 is 10.5 Å². The molecular formula is C10H12ClNO. The number of hydrogen-bond donors (Lipinski definition) is 1. The van der Waals surface area contributed by atoms with Gasteiger partial charge in [0, 0.05) is 0 Å². The molecule has 0 bridgehead atoms. The van der Waals surface area contributed by atoms with Gasteiger partial charge in [0.05, 0.1) is 5.69 Å². The lowest BCUT2D eigenvalue weighted by molar-refractivity contribution is 0.372. The summed E-state index contributed by atoms with van der Waals surface area (Å²) in [6.07, 6.45) is 5.05. The van der Waals surface area contributed by atoms with Crippen molar-refractivity contribution in [2.75, 3.05) is 12.3 Å². The van der Waals surface area contributed by atoms with Crippen molar-refractivity contribution in [3.05, 3.63) is 23.8 Å². The molecule has 1 aromatic carbocycles. The van der Waals surface area contributed by atoms with Crippen molar-refractivity contribution in [3.63, 3.8) is 0 Å². The fraction of sp³-hybridized carbons (Fsp3) is 0.200. The molecule has 0 unspecified atom stereocenters. The van der Waals surface area contributed by atoms with Crippen molar-refractivity contribution < 1.29 is 4.74 Å². The van der Waals surface area contributed by atoms with Crippen LogP contribution in [0.4, 0.5) is 5.69 Å². The van der Waals surface area contributed by atoms with Gasteiger partial charge in [-0.05, 0) is 24.6 Å². The highest BCUT2D eigenvalue weighted by atomic mass is 35.5. The minimum Gasteiger partial charge on any atom is -0.479 e. The zero-order chi connectivity index (χ0) is 8.97. The van der Waals surface area contributed by atoms with E-state index in [0.717, 1.165) is 5.56 Å². The third kappa shape index (κ3) is 3.27. The molecule has 2 nitrogen and oxygen atoms in total. The number of nitrogen functional groups attached to an aromatic ring is 1. The molecule has 0 atom stereocenters. The molecule has 0 aliphatic heterocycles. The summed E-state index contributed by atoms with van der Waals surface area (Å²) in [6.45, 7) is 2.23. The first-order valence-electron chi connectivity index (χ1n) is 3.66. The standard InChI is InChI=1S/C10H11NO.ClH/c1-3-6-12-10-7-8(2)4-5-9(10)11;/h1,4-5,7H,6,11H2,2H3;1H. The zero-order valence-electron chi connectivity index (χ0n) is 7.41. The molecule has 1 rings (SSSR count). The van der Waals surface area contributed by atoms with Crippen molar-refractivity contribution >= 4 is 18.1 Å². The van der Waals surface area contributed by atoms with Crippen LogP contribution in [-0.4, -0.2) is 6.61 Å². The Morgan fingerprint density at radius 1 is 1.54 bits per heavy atom. The molecule has 0 fully saturated rings. The van der Waals surface area contributed by atoms with Gasteiger partial charge in [0.25, 0.3) is 0 Å². The summed E-state index contributed by atoms with van der Waals surface area (Å²) in [4.78, 5) is 0. The smallest absolute Gasteiger partial charge is 0.148 e. The maximum Gasteiger partial charge on any atom is 0.148 e. The molecule has 0 aromatic heterocycles. The molecule has 0 spiro atoms. The number of terminal acetylenes is 1. The van der Waals surface area contributed by atoms with Crippen LogP contribution in [0, 0.1) is 19.3 Å². The Balaban J connectivity index is 0.00000144. The Bertz CT molecular complexity index is 317. The number of benzene rings is 1. The van der Waals surface area contributed by atoms with Crippen LogP contribution in [0.5, 0.6) is 5.75 Å². The van der Waals surface area contributed by atoms with Gasteiger partial charge in [-0.2, -0.15) is 0 Å². The second-order valence-electron chi connectivity index (χ2n) is 2.53. The largest absolute Gasteiger partial charge is 0.479 e. The highest BCUT2D eigenvalue weighted by molar-refractivity contribution is 5.85. The summed E-state index contributed by atoms with van der Waals surface area (Å²) >= 11 is 0. The minimum atomic E-state index is 0. The molecule has 70 valence electrons. The molecule has 0 heterocycles. The van der Waals surface area contributed by atoms with Crippen LogP contribution in [0.3, 0.4) is 0 Å². The predicted molar refractivity (Wildman–Crippen MR) is 57.2 cm³/mol. The van der Waals surface area contributed by atoms with E-state index in [9.17, 15) is 0 Å². The number of nitrogens with two attached hydrogens (primary N) is 1. The first-order valence-corrected chi connectivity index (χ1v) is 3.66. The summed E-state index contributed by atoms with van der Waals surface area (Å²) in [6, 6.07) is 5.60. The normalized spacial score (nSPS) is 8.31. The van der Waals surface area contributed by atoms with E-state index in [-0.39, 0.29) is 19.0 Å². The molecular weight excluding hydrogens is 186 g/mol. The van der Waals surface area contributed by atoms with Crippen LogP contribution in [-0.2, 0) is 0 Å². The molecule has 0 aliphatic rings. The summed E-state index contributed by atoms with van der Waals surface area (Å²) < 4.78 is 5.21. The number of ether oxygens (including phenoxy) is 1. The van der Waals surface area contributed by atoms with Crippen molar-refractivity contribution in [1.29, 1.82) is 0 Å². The maximum absolute atomic E-state index is 5.64. The van der Waals surface area contributed by atoms with Crippen LogP contribution >= 0.6 is 12.4 Å². The van der Waals surface area contributed by atoms with Gasteiger partial charge in [-0.3, -0.25) is 0 Å². The van der Waals surface area contributed by atoms with Crippen molar-refractivity contribution in [2.45, 2.75) is 6.92 Å². The third-order valence-electron chi connectivity index (χ3n) is 1.48. The molecule has 0 amide bonds. The first kappa shape index (κ1) is 11.7. The Morgan fingerprint density at radius 2 is 2.23 bits per heavy atom. The van der Waals surface area contributed by atoms with E-state index in [0.29, 0.717) is 11.4 Å². The van der Waals surface area contributed by atoms with Crippen LogP contribution in [0.2, 0.25) is 0 Å². The van der Waals surface area contributed by atoms with E-state index in [1.807, 2.05) is 19.1 Å². The highest BCUT2D eigenvalue weighted by Crippen LogP contribution is 2.21. The Kier molecular flexibility index (Phi) is 4.79. The summed E-state index contributed by atoms with van der Waals surface area (Å²) in [5.74, 6) is 3.05. The second kappa shape index (κ2) is 5.34. The zero-order valence-corrected chi connectivity index (χ0v) is 8.23. The molecule has 2 N–H and O–H groups in total. The van der Waals surface area contributed by atoms with Crippen LogP contribution in [0.25, 0.3) is 0 Å². The van der Waals surface area contributed by atoms with E-state index < -0.39 is 0 Å². The Labute approximate surface area is 84.5 Å². The average molecular weight is 198 g/mol. The van der Waals surface area contributed by atoms with Gasteiger partial charge in [-0.15, -0.1) is 18.8 Å². The van der Waals surface area contributed by atoms with E-state index >= 15 is 0 Å². The number of anilines is 1. The SMILES string of the molecule is C#CCOc1cc(C)ccc1N.Cl. The monoisotopic (exact) mass is 197 g/mol. The van der Waals surface area contributed by atoms with Crippen molar-refractivity contribution in [2.24, 2.45) is 0 Å². The fourth-order valence-electron chi connectivity index (χ4n) is 0.886. The van der Waals surface area contributed by atoms with E-state index in [1.165, 1.54) is 0 Å². The lowest BCUT2D eigenvalue weighted by Crippen LogP contribution is -1.97. The third-order valence-corrected chi connectivity index (χ3v) is 1.48.